The molecule has 324 valence electrons. The van der Waals surface area contributed by atoms with Crippen molar-refractivity contribution in [1.82, 2.24) is 14.5 Å². The Bertz CT molecular complexity index is 3110. The molecule has 0 saturated carbocycles. The van der Waals surface area contributed by atoms with Gasteiger partial charge in [0, 0.05) is 49.6 Å². The van der Waals surface area contributed by atoms with Gasteiger partial charge in [0.1, 0.15) is 11.6 Å². The summed E-state index contributed by atoms with van der Waals surface area (Å²) in [6, 6.07) is 45.9. The second-order valence-corrected chi connectivity index (χ2v) is 19.9. The Morgan fingerprint density at radius 2 is 1.32 bits per heavy atom. The van der Waals surface area contributed by atoms with Gasteiger partial charge in [-0.05, 0) is 87.1 Å². The third-order valence-corrected chi connectivity index (χ3v) is 11.9. The minimum Gasteiger partial charge on any atom is -0.507 e. The minimum atomic E-state index is -2.33. The Labute approximate surface area is 395 Å². The topological polar surface area (TPSA) is 50.9 Å². The molecule has 0 saturated heterocycles. The molecule has 0 fully saturated rings. The summed E-state index contributed by atoms with van der Waals surface area (Å²) < 4.78 is 35.8. The van der Waals surface area contributed by atoms with Crippen LogP contribution in [0.1, 0.15) is 115 Å². The number of para-hydroxylation sites is 1. The van der Waals surface area contributed by atoms with Crippen LogP contribution in [0.4, 0.5) is 0 Å². The maximum Gasteiger partial charge on any atom is 0.148 e. The predicted octanol–water partition coefficient (Wildman–Crippen LogP) is 15.6. The Hall–Kier alpha value is -5.57. The van der Waals surface area contributed by atoms with E-state index in [1.807, 2.05) is 86.8 Å². The molecule has 0 bridgehead atoms. The molecule has 0 spiro atoms. The summed E-state index contributed by atoms with van der Waals surface area (Å²) in [5.41, 5.74) is 13.0. The number of rotatable bonds is 7. The first-order valence-corrected chi connectivity index (χ1v) is 21.5. The van der Waals surface area contributed by atoms with E-state index in [0.29, 0.717) is 16.9 Å². The van der Waals surface area contributed by atoms with Gasteiger partial charge in [-0.3, -0.25) is 9.55 Å². The van der Waals surface area contributed by atoms with E-state index in [4.69, 9.17) is 15.5 Å². The summed E-state index contributed by atoms with van der Waals surface area (Å²) in [7, 11) is 0. The normalized spacial score (nSPS) is 13.5. The molecule has 1 N–H and O–H groups in total. The molecule has 0 amide bonds. The van der Waals surface area contributed by atoms with E-state index in [2.05, 4.69) is 121 Å². The first-order valence-electron chi connectivity index (χ1n) is 23.5. The van der Waals surface area contributed by atoms with E-state index >= 15 is 0 Å². The van der Waals surface area contributed by atoms with Crippen LogP contribution in [0.5, 0.6) is 5.75 Å². The molecule has 8 rings (SSSR count). The number of pyridine rings is 1. The summed E-state index contributed by atoms with van der Waals surface area (Å²) in [5, 5.41) is 12.5. The number of phenolic OH excluding ortho intramolecular Hbond substituents is 1. The van der Waals surface area contributed by atoms with Crippen molar-refractivity contribution in [3.63, 3.8) is 0 Å². The molecule has 5 heteroatoms. The first-order chi connectivity index (χ1) is 30.8. The molecule has 0 atom stereocenters. The number of imidazole rings is 1. The zero-order chi connectivity index (χ0) is 47.7. The van der Waals surface area contributed by atoms with Crippen LogP contribution >= 0.6 is 0 Å². The molecular formula is C58H60N3OPt-. The number of aromatic nitrogens is 3. The maximum atomic E-state index is 12.5. The van der Waals surface area contributed by atoms with Crippen molar-refractivity contribution >= 4 is 11.0 Å². The Morgan fingerprint density at radius 3 is 1.97 bits per heavy atom. The SMILES string of the molecule is [2H]C([2H])([2H])c1ccc(-n2c(-c3cc(C(C)(C)C)cc(C(C)(C)C)c3O)nc3c(-c4[c-]c(-c5cc(-c6ccc(C([2H])(C)C)cc6)ccn5)cc(C(C)(C)C)c4)cccc32)c(-c2ccccc2)c1.[Pt]. The summed E-state index contributed by atoms with van der Waals surface area (Å²) in [4.78, 5) is 10.5. The Balaban J connectivity index is 0.00000666. The number of fused-ring (bicyclic) bond motifs is 1. The predicted molar refractivity (Wildman–Crippen MR) is 261 cm³/mol. The number of phenols is 1. The third-order valence-electron chi connectivity index (χ3n) is 11.9. The van der Waals surface area contributed by atoms with E-state index in [0.717, 1.165) is 78.1 Å². The van der Waals surface area contributed by atoms with E-state index in [-0.39, 0.29) is 43.2 Å². The minimum absolute atomic E-state index is 0. The van der Waals surface area contributed by atoms with Crippen molar-refractivity contribution in [2.24, 2.45) is 0 Å². The van der Waals surface area contributed by atoms with Crippen molar-refractivity contribution in [3.8, 4) is 67.5 Å². The molecule has 2 aromatic heterocycles. The zero-order valence-electron chi connectivity index (χ0n) is 42.3. The number of nitrogens with zero attached hydrogens (tertiary/aromatic N) is 3. The molecule has 0 aliphatic rings. The van der Waals surface area contributed by atoms with Crippen molar-refractivity contribution < 1.29 is 31.7 Å². The van der Waals surface area contributed by atoms with Gasteiger partial charge in [-0.1, -0.05) is 178 Å². The molecule has 0 aliphatic heterocycles. The quantitative estimate of drug-likeness (QED) is 0.162. The van der Waals surface area contributed by atoms with Gasteiger partial charge in [0.2, 0.25) is 0 Å². The van der Waals surface area contributed by atoms with E-state index in [9.17, 15) is 5.11 Å². The summed E-state index contributed by atoms with van der Waals surface area (Å²) in [6.07, 6.45) is 1.84. The van der Waals surface area contributed by atoms with Gasteiger partial charge >= 0.3 is 0 Å². The van der Waals surface area contributed by atoms with Crippen LogP contribution in [0.3, 0.4) is 0 Å². The Kier molecular flexibility index (Phi) is 11.0. The average Bonchev–Trinajstić information content (AvgIpc) is 3.64. The van der Waals surface area contributed by atoms with Crippen LogP contribution in [-0.2, 0) is 37.3 Å². The fourth-order valence-corrected chi connectivity index (χ4v) is 8.17. The van der Waals surface area contributed by atoms with Crippen molar-refractivity contribution in [2.45, 2.75) is 105 Å². The van der Waals surface area contributed by atoms with Crippen molar-refractivity contribution in [1.29, 1.82) is 0 Å². The maximum absolute atomic E-state index is 12.5. The van der Waals surface area contributed by atoms with Crippen LogP contribution in [0.25, 0.3) is 72.7 Å². The van der Waals surface area contributed by atoms with Gasteiger partial charge in [0.15, 0.2) is 0 Å². The van der Waals surface area contributed by atoms with Gasteiger partial charge in [0.05, 0.1) is 22.3 Å². The fourth-order valence-electron chi connectivity index (χ4n) is 8.17. The number of benzene rings is 6. The molecule has 0 unspecified atom stereocenters. The van der Waals surface area contributed by atoms with Gasteiger partial charge in [-0.15, -0.1) is 29.3 Å². The molecule has 8 aromatic rings. The van der Waals surface area contributed by atoms with Gasteiger partial charge < -0.3 is 5.11 Å². The van der Waals surface area contributed by atoms with Crippen molar-refractivity contribution in [3.05, 3.63) is 167 Å². The first kappa shape index (κ1) is 40.2. The molecule has 63 heavy (non-hydrogen) atoms. The van der Waals surface area contributed by atoms with Crippen LogP contribution in [0.2, 0.25) is 0 Å². The summed E-state index contributed by atoms with van der Waals surface area (Å²) in [6.45, 7) is 20.9. The standard InChI is InChI=1S/C58H60N3O.Pt/c1-36(2)38-22-24-39(25-23-38)41-27-28-59-50(33-41)43-30-42(31-44(32-43)56(4,5)6)46-19-16-20-52-53(46)60-55(48-34-45(57(7,8)9)35-49(54(48)62)58(10,11)12)61(52)51-26-21-37(3)29-47(51)40-17-14-13-15-18-40;/h13-29,31-36,62H,1-12H3;/q-1;/i3D3,36D;. The molecule has 2 heterocycles. The van der Waals surface area contributed by atoms with E-state index < -0.39 is 18.2 Å². The Morgan fingerprint density at radius 1 is 0.635 bits per heavy atom. The molecule has 0 radical (unpaired) electrons. The van der Waals surface area contributed by atoms with Crippen LogP contribution in [-0.4, -0.2) is 19.6 Å². The van der Waals surface area contributed by atoms with Crippen LogP contribution in [0.15, 0.2) is 134 Å². The number of aromatic hydroxyl groups is 1. The van der Waals surface area contributed by atoms with E-state index in [1.165, 1.54) is 0 Å². The van der Waals surface area contributed by atoms with Gasteiger partial charge in [-0.2, -0.15) is 0 Å². The molecule has 6 aromatic carbocycles. The molecular weight excluding hydrogens is 950 g/mol. The number of aryl methyl sites for hydroxylation is 1. The third kappa shape index (κ3) is 9.11. The van der Waals surface area contributed by atoms with Crippen LogP contribution < -0.4 is 0 Å². The second-order valence-electron chi connectivity index (χ2n) is 19.9. The van der Waals surface area contributed by atoms with Gasteiger partial charge in [0.25, 0.3) is 0 Å². The van der Waals surface area contributed by atoms with E-state index in [1.54, 1.807) is 12.1 Å². The largest absolute Gasteiger partial charge is 0.507 e. The summed E-state index contributed by atoms with van der Waals surface area (Å²) >= 11 is 0. The molecule has 4 nitrogen and oxygen atoms in total. The number of hydrogen-bond acceptors (Lipinski definition) is 3. The number of hydrogen-bond donors (Lipinski definition) is 1. The second kappa shape index (κ2) is 17.2. The smallest absolute Gasteiger partial charge is 0.148 e. The van der Waals surface area contributed by atoms with Crippen molar-refractivity contribution in [2.75, 3.05) is 0 Å². The van der Waals surface area contributed by atoms with Gasteiger partial charge in [-0.25, -0.2) is 4.98 Å². The molecule has 0 aliphatic carbocycles. The fraction of sp³-hybridized carbons (Fsp3) is 0.276. The average molecular weight is 1010 g/mol. The van der Waals surface area contributed by atoms with Crippen LogP contribution in [0, 0.1) is 12.9 Å². The zero-order valence-corrected chi connectivity index (χ0v) is 40.6. The summed E-state index contributed by atoms with van der Waals surface area (Å²) in [5.74, 6) is -0.00534. The monoisotopic (exact) mass is 1010 g/mol.